The van der Waals surface area contributed by atoms with Crippen molar-refractivity contribution < 1.29 is 9.18 Å². The van der Waals surface area contributed by atoms with Gasteiger partial charge in [0.1, 0.15) is 11.6 Å². The summed E-state index contributed by atoms with van der Waals surface area (Å²) in [5.74, 6) is -0.103. The molecule has 1 aromatic heterocycles. The van der Waals surface area contributed by atoms with Crippen LogP contribution in [0.5, 0.6) is 0 Å². The number of fused-ring (bicyclic) bond motifs is 1. The number of rotatable bonds is 3. The van der Waals surface area contributed by atoms with Crippen LogP contribution in [0, 0.1) is 12.7 Å². The molecule has 2 heterocycles. The topological polar surface area (TPSA) is 64.2 Å². The second-order valence-corrected chi connectivity index (χ2v) is 6.71. The van der Waals surface area contributed by atoms with Gasteiger partial charge in [-0.1, -0.05) is 30.3 Å². The molecule has 2 unspecified atom stereocenters. The summed E-state index contributed by atoms with van der Waals surface area (Å²) in [6, 6.07) is 15.1. The van der Waals surface area contributed by atoms with E-state index in [1.54, 1.807) is 21.7 Å². The number of anilines is 1. The van der Waals surface area contributed by atoms with Gasteiger partial charge in [-0.3, -0.25) is 9.69 Å². The van der Waals surface area contributed by atoms with Crippen molar-refractivity contribution in [2.75, 3.05) is 11.4 Å². The molecule has 0 saturated heterocycles. The van der Waals surface area contributed by atoms with Crippen LogP contribution in [0.2, 0.25) is 0 Å². The van der Waals surface area contributed by atoms with Gasteiger partial charge >= 0.3 is 0 Å². The molecule has 2 atom stereocenters. The number of hydrogen-bond acceptors (Lipinski definition) is 3. The molecule has 0 fully saturated rings. The molecule has 0 radical (unpaired) electrons. The van der Waals surface area contributed by atoms with Gasteiger partial charge in [-0.05, 0) is 43.7 Å². The summed E-state index contributed by atoms with van der Waals surface area (Å²) in [5.41, 5.74) is 9.78. The first kappa shape index (κ1) is 17.4. The fourth-order valence-electron chi connectivity index (χ4n) is 3.86. The number of para-hydroxylation sites is 1. The Bertz CT molecular complexity index is 981. The summed E-state index contributed by atoms with van der Waals surface area (Å²) in [7, 11) is 0. The first-order valence-electron chi connectivity index (χ1n) is 9.00. The van der Waals surface area contributed by atoms with Crippen molar-refractivity contribution in [2.24, 2.45) is 5.73 Å². The second-order valence-electron chi connectivity index (χ2n) is 6.71. The van der Waals surface area contributed by atoms with Gasteiger partial charge in [0.05, 0.1) is 17.4 Å². The maximum absolute atomic E-state index is 13.4. The lowest BCUT2D eigenvalue weighted by atomic mass is 9.81. The van der Waals surface area contributed by atoms with Crippen LogP contribution < -0.4 is 10.6 Å². The van der Waals surface area contributed by atoms with Crippen molar-refractivity contribution in [3.63, 3.8) is 0 Å². The lowest BCUT2D eigenvalue weighted by Gasteiger charge is -2.36. The van der Waals surface area contributed by atoms with E-state index >= 15 is 0 Å². The number of likely N-dealkylation sites (N-methyl/N-ethyl adjacent to an activating group) is 1. The van der Waals surface area contributed by atoms with Crippen molar-refractivity contribution in [2.45, 2.75) is 25.8 Å². The Morgan fingerprint density at radius 1 is 1.11 bits per heavy atom. The normalized spacial score (nSPS) is 19.3. The Hall–Kier alpha value is -2.99. The monoisotopic (exact) mass is 364 g/mol. The zero-order valence-corrected chi connectivity index (χ0v) is 15.3. The molecule has 1 amide bonds. The zero-order valence-electron chi connectivity index (χ0n) is 15.3. The molecule has 1 aliphatic heterocycles. The van der Waals surface area contributed by atoms with E-state index in [9.17, 15) is 9.18 Å². The van der Waals surface area contributed by atoms with Gasteiger partial charge in [0.15, 0.2) is 0 Å². The van der Waals surface area contributed by atoms with Crippen molar-refractivity contribution >= 4 is 11.7 Å². The summed E-state index contributed by atoms with van der Waals surface area (Å²) in [6.45, 7) is 4.34. The average molecular weight is 364 g/mol. The Balaban J connectivity index is 1.97. The minimum absolute atomic E-state index is 0.156. The molecular formula is C21H21FN4O. The molecule has 138 valence electrons. The summed E-state index contributed by atoms with van der Waals surface area (Å²) in [4.78, 5) is 14.7. The lowest BCUT2D eigenvalue weighted by molar-refractivity contribution is -0.120. The number of amides is 1. The minimum Gasteiger partial charge on any atom is -0.319 e. The number of carbonyl (C=O) groups is 1. The minimum atomic E-state index is -0.741. The van der Waals surface area contributed by atoms with Crippen LogP contribution in [0.3, 0.4) is 0 Å². The van der Waals surface area contributed by atoms with E-state index in [1.807, 2.05) is 44.2 Å². The first-order chi connectivity index (χ1) is 13.0. The number of carbonyl (C=O) groups excluding carboxylic acids is 1. The molecule has 2 N–H and O–H groups in total. The largest absolute Gasteiger partial charge is 0.319 e. The fraction of sp³-hybridized carbons (Fsp3) is 0.238. The van der Waals surface area contributed by atoms with Crippen LogP contribution in [0.25, 0.3) is 5.69 Å². The van der Waals surface area contributed by atoms with Crippen LogP contribution >= 0.6 is 0 Å². The van der Waals surface area contributed by atoms with E-state index in [1.165, 1.54) is 12.1 Å². The quantitative estimate of drug-likeness (QED) is 0.776. The SMILES string of the molecule is CCN1C(=O)C(N)C(c2ccc(F)cc2)c2c(C)nn(-c3ccccc3)c21. The van der Waals surface area contributed by atoms with Crippen LogP contribution in [0.15, 0.2) is 54.6 Å². The van der Waals surface area contributed by atoms with E-state index in [-0.39, 0.29) is 17.6 Å². The van der Waals surface area contributed by atoms with Gasteiger partial charge < -0.3 is 5.73 Å². The molecule has 0 saturated carbocycles. The molecule has 27 heavy (non-hydrogen) atoms. The summed E-state index contributed by atoms with van der Waals surface area (Å²) in [5, 5.41) is 4.72. The third-order valence-corrected chi connectivity index (χ3v) is 5.10. The highest BCUT2D eigenvalue weighted by Gasteiger charge is 2.42. The van der Waals surface area contributed by atoms with E-state index in [4.69, 9.17) is 10.8 Å². The van der Waals surface area contributed by atoms with E-state index < -0.39 is 6.04 Å². The lowest BCUT2D eigenvalue weighted by Crippen LogP contribution is -2.51. The van der Waals surface area contributed by atoms with Gasteiger partial charge in [-0.25, -0.2) is 9.07 Å². The predicted molar refractivity (Wildman–Crippen MR) is 103 cm³/mol. The number of halogens is 1. The molecule has 0 bridgehead atoms. The Kier molecular flexibility index (Phi) is 4.28. The summed E-state index contributed by atoms with van der Waals surface area (Å²) in [6.07, 6.45) is 0. The number of aryl methyl sites for hydroxylation is 1. The molecule has 0 aliphatic carbocycles. The van der Waals surface area contributed by atoms with Crippen LogP contribution in [-0.2, 0) is 4.79 Å². The number of aromatic nitrogens is 2. The van der Waals surface area contributed by atoms with Crippen molar-refractivity contribution in [3.8, 4) is 5.69 Å². The second kappa shape index (κ2) is 6.63. The van der Waals surface area contributed by atoms with Gasteiger partial charge in [0.25, 0.3) is 0 Å². The average Bonchev–Trinajstić information content (AvgIpc) is 3.02. The van der Waals surface area contributed by atoms with Crippen LogP contribution in [-0.4, -0.2) is 28.3 Å². The first-order valence-corrected chi connectivity index (χ1v) is 9.00. The molecule has 4 rings (SSSR count). The summed E-state index contributed by atoms with van der Waals surface area (Å²) < 4.78 is 15.2. The highest BCUT2D eigenvalue weighted by molar-refractivity contribution is 6.01. The smallest absolute Gasteiger partial charge is 0.246 e. The highest BCUT2D eigenvalue weighted by Crippen LogP contribution is 2.42. The van der Waals surface area contributed by atoms with Gasteiger partial charge in [0, 0.05) is 18.0 Å². The van der Waals surface area contributed by atoms with Crippen molar-refractivity contribution in [1.82, 2.24) is 9.78 Å². The molecular weight excluding hydrogens is 343 g/mol. The Morgan fingerprint density at radius 3 is 2.41 bits per heavy atom. The van der Waals surface area contributed by atoms with Gasteiger partial charge in [-0.2, -0.15) is 5.10 Å². The number of hydrogen-bond donors (Lipinski definition) is 1. The van der Waals surface area contributed by atoms with E-state index in [0.717, 1.165) is 28.3 Å². The Morgan fingerprint density at radius 2 is 1.78 bits per heavy atom. The van der Waals surface area contributed by atoms with Gasteiger partial charge in [0.2, 0.25) is 5.91 Å². The fourth-order valence-corrected chi connectivity index (χ4v) is 3.86. The maximum Gasteiger partial charge on any atom is 0.246 e. The molecule has 3 aromatic rings. The van der Waals surface area contributed by atoms with Crippen molar-refractivity contribution in [1.29, 1.82) is 0 Å². The number of nitrogens with zero attached hydrogens (tertiary/aromatic N) is 3. The Labute approximate surface area is 157 Å². The zero-order chi connectivity index (χ0) is 19.1. The molecule has 2 aromatic carbocycles. The van der Waals surface area contributed by atoms with Crippen molar-refractivity contribution in [3.05, 3.63) is 77.2 Å². The molecule has 1 aliphatic rings. The standard InChI is InChI=1S/C21H21FN4O/c1-3-25-20-17(13(2)24-26(20)16-7-5-4-6-8-16)18(19(23)21(25)27)14-9-11-15(22)12-10-14/h4-12,18-19H,3,23H2,1-2H3. The third-order valence-electron chi connectivity index (χ3n) is 5.10. The van der Waals surface area contributed by atoms with Gasteiger partial charge in [-0.15, -0.1) is 0 Å². The molecule has 6 heteroatoms. The molecule has 5 nitrogen and oxygen atoms in total. The van der Waals surface area contributed by atoms with E-state index in [0.29, 0.717) is 6.54 Å². The predicted octanol–water partition coefficient (Wildman–Crippen LogP) is 3.15. The number of benzene rings is 2. The van der Waals surface area contributed by atoms with E-state index in [2.05, 4.69) is 0 Å². The third kappa shape index (κ3) is 2.73. The van der Waals surface area contributed by atoms with Crippen LogP contribution in [0.4, 0.5) is 10.2 Å². The van der Waals surface area contributed by atoms with Crippen LogP contribution in [0.1, 0.15) is 29.7 Å². The molecule has 0 spiro atoms. The highest BCUT2D eigenvalue weighted by atomic mass is 19.1. The maximum atomic E-state index is 13.4. The number of nitrogens with two attached hydrogens (primary N) is 1. The summed E-state index contributed by atoms with van der Waals surface area (Å²) >= 11 is 0.